The van der Waals surface area contributed by atoms with Crippen molar-refractivity contribution in [2.45, 2.75) is 19.9 Å². The highest BCUT2D eigenvalue weighted by molar-refractivity contribution is 5.86. The normalized spacial score (nSPS) is 15.2. The molecule has 1 aliphatic rings. The summed E-state index contributed by atoms with van der Waals surface area (Å²) in [5.74, 6) is 1.07. The van der Waals surface area contributed by atoms with Crippen LogP contribution in [0.3, 0.4) is 0 Å². The number of phenolic OH excluding ortho intramolecular Hbond substituents is 1. The van der Waals surface area contributed by atoms with Gasteiger partial charge in [0.15, 0.2) is 5.65 Å². The number of hydrogen-bond acceptors (Lipinski definition) is 8. The molecule has 5 rings (SSSR count). The zero-order valence-electron chi connectivity index (χ0n) is 17.6. The van der Waals surface area contributed by atoms with Crippen LogP contribution in [0.2, 0.25) is 0 Å². The molecule has 1 saturated heterocycles. The van der Waals surface area contributed by atoms with Crippen LogP contribution < -0.4 is 10.5 Å². The first-order valence-corrected chi connectivity index (χ1v) is 10.4. The molecular formula is C22H24N6O3. The van der Waals surface area contributed by atoms with Gasteiger partial charge in [0.1, 0.15) is 23.5 Å². The second kappa shape index (κ2) is 7.66. The van der Waals surface area contributed by atoms with E-state index in [2.05, 4.69) is 24.9 Å². The maximum atomic E-state index is 12.1. The Bertz CT molecular complexity index is 1320. The first kappa shape index (κ1) is 19.5. The number of hydrogen-bond donors (Lipinski definition) is 1. The highest BCUT2D eigenvalue weighted by atomic mass is 16.4. The van der Waals surface area contributed by atoms with E-state index < -0.39 is 5.63 Å². The summed E-state index contributed by atoms with van der Waals surface area (Å²) in [7, 11) is 1.88. The Morgan fingerprint density at radius 2 is 1.87 bits per heavy atom. The van der Waals surface area contributed by atoms with Gasteiger partial charge in [-0.1, -0.05) is 6.92 Å². The van der Waals surface area contributed by atoms with Gasteiger partial charge in [0.05, 0.1) is 11.6 Å². The Labute approximate surface area is 178 Å². The molecule has 1 aliphatic heterocycles. The van der Waals surface area contributed by atoms with Gasteiger partial charge in [-0.05, 0) is 23.6 Å². The number of anilines is 1. The van der Waals surface area contributed by atoms with E-state index in [0.29, 0.717) is 18.5 Å². The van der Waals surface area contributed by atoms with E-state index in [1.54, 1.807) is 23.1 Å². The fourth-order valence-corrected chi connectivity index (χ4v) is 4.28. The molecule has 0 unspecified atom stereocenters. The van der Waals surface area contributed by atoms with Gasteiger partial charge in [-0.3, -0.25) is 9.58 Å². The maximum Gasteiger partial charge on any atom is 0.336 e. The van der Waals surface area contributed by atoms with Crippen molar-refractivity contribution >= 4 is 27.8 Å². The number of nitrogens with zero attached hydrogens (tertiary/aromatic N) is 6. The fourth-order valence-electron chi connectivity index (χ4n) is 4.28. The van der Waals surface area contributed by atoms with Crippen LogP contribution in [0, 0.1) is 0 Å². The van der Waals surface area contributed by atoms with Crippen molar-refractivity contribution in [1.29, 1.82) is 0 Å². The van der Waals surface area contributed by atoms with Gasteiger partial charge in [0, 0.05) is 57.3 Å². The van der Waals surface area contributed by atoms with Crippen molar-refractivity contribution in [1.82, 2.24) is 24.6 Å². The van der Waals surface area contributed by atoms with Gasteiger partial charge >= 0.3 is 5.63 Å². The zero-order chi connectivity index (χ0) is 21.5. The number of aromatic hydroxyl groups is 1. The first-order valence-electron chi connectivity index (χ1n) is 10.4. The molecule has 9 heteroatoms. The molecule has 1 fully saturated rings. The number of piperazine rings is 1. The van der Waals surface area contributed by atoms with Crippen LogP contribution in [0.15, 0.2) is 39.9 Å². The minimum absolute atomic E-state index is 0.162. The van der Waals surface area contributed by atoms with Crippen LogP contribution in [-0.4, -0.2) is 55.9 Å². The summed E-state index contributed by atoms with van der Waals surface area (Å²) >= 11 is 0. The van der Waals surface area contributed by atoms with Crippen molar-refractivity contribution in [3.8, 4) is 5.75 Å². The van der Waals surface area contributed by atoms with Crippen LogP contribution in [0.5, 0.6) is 5.75 Å². The van der Waals surface area contributed by atoms with Gasteiger partial charge in [0.2, 0.25) is 0 Å². The van der Waals surface area contributed by atoms with Crippen LogP contribution in [0.1, 0.15) is 18.1 Å². The molecule has 4 heterocycles. The zero-order valence-corrected chi connectivity index (χ0v) is 17.6. The third-order valence-corrected chi connectivity index (χ3v) is 5.98. The molecule has 1 N–H and O–H groups in total. The quantitative estimate of drug-likeness (QED) is 0.501. The topological polar surface area (TPSA) is 101 Å². The molecule has 0 spiro atoms. The van der Waals surface area contributed by atoms with Crippen molar-refractivity contribution in [2.75, 3.05) is 31.1 Å². The van der Waals surface area contributed by atoms with Gasteiger partial charge in [-0.15, -0.1) is 0 Å². The lowest BCUT2D eigenvalue weighted by atomic mass is 10.0. The number of aromatic nitrogens is 4. The lowest BCUT2D eigenvalue weighted by molar-refractivity contribution is 0.250. The van der Waals surface area contributed by atoms with E-state index in [1.165, 1.54) is 0 Å². The molecule has 9 nitrogen and oxygen atoms in total. The molecule has 0 radical (unpaired) electrons. The molecule has 160 valence electrons. The molecule has 3 aromatic heterocycles. The summed E-state index contributed by atoms with van der Waals surface area (Å²) in [6, 6.07) is 5.04. The molecule has 0 amide bonds. The monoisotopic (exact) mass is 420 g/mol. The smallest absolute Gasteiger partial charge is 0.336 e. The van der Waals surface area contributed by atoms with Crippen molar-refractivity contribution in [3.63, 3.8) is 0 Å². The number of phenols is 1. The van der Waals surface area contributed by atoms with E-state index in [9.17, 15) is 9.90 Å². The Morgan fingerprint density at radius 1 is 1.06 bits per heavy atom. The SMILES string of the molecule is CCc1cc2c(CN3CCN(c4ncnc5c4cnn5C)CC3)cc(=O)oc2cc1O. The van der Waals surface area contributed by atoms with Gasteiger partial charge in [-0.2, -0.15) is 5.10 Å². The third kappa shape index (κ3) is 3.50. The minimum Gasteiger partial charge on any atom is -0.508 e. The third-order valence-electron chi connectivity index (χ3n) is 5.98. The number of benzene rings is 1. The molecular weight excluding hydrogens is 396 g/mol. The minimum atomic E-state index is -0.398. The maximum absolute atomic E-state index is 12.1. The molecule has 31 heavy (non-hydrogen) atoms. The standard InChI is InChI=1S/C22H24N6O3/c1-3-14-8-16-15(9-20(30)31-19(16)10-18(14)29)12-27-4-6-28(7-5-27)22-17-11-25-26(2)21(17)23-13-24-22/h8-11,13,29H,3-7,12H2,1-2H3. The van der Waals surface area contributed by atoms with Crippen molar-refractivity contribution in [3.05, 3.63) is 52.3 Å². The Balaban J connectivity index is 1.37. The number of rotatable bonds is 4. The van der Waals surface area contributed by atoms with E-state index in [0.717, 1.165) is 59.5 Å². The molecule has 1 aromatic carbocycles. The first-order chi connectivity index (χ1) is 15.0. The van der Waals surface area contributed by atoms with Gasteiger partial charge in [-0.25, -0.2) is 14.8 Å². The van der Waals surface area contributed by atoms with Crippen LogP contribution >= 0.6 is 0 Å². The summed E-state index contributed by atoms with van der Waals surface area (Å²) < 4.78 is 7.08. The summed E-state index contributed by atoms with van der Waals surface area (Å²) in [5.41, 5.74) is 2.62. The molecule has 0 saturated carbocycles. The molecule has 4 aromatic rings. The van der Waals surface area contributed by atoms with E-state index in [4.69, 9.17) is 4.42 Å². The van der Waals surface area contributed by atoms with E-state index in [1.807, 2.05) is 26.2 Å². The predicted molar refractivity (Wildman–Crippen MR) is 117 cm³/mol. The highest BCUT2D eigenvalue weighted by Crippen LogP contribution is 2.28. The number of aryl methyl sites for hydroxylation is 2. The fraction of sp³-hybridized carbons (Fsp3) is 0.364. The summed E-state index contributed by atoms with van der Waals surface area (Å²) in [6.45, 7) is 5.96. The highest BCUT2D eigenvalue weighted by Gasteiger charge is 2.22. The Morgan fingerprint density at radius 3 is 2.65 bits per heavy atom. The van der Waals surface area contributed by atoms with Crippen molar-refractivity contribution < 1.29 is 9.52 Å². The van der Waals surface area contributed by atoms with Crippen LogP contribution in [0.25, 0.3) is 22.0 Å². The summed E-state index contributed by atoms with van der Waals surface area (Å²) in [4.78, 5) is 25.5. The van der Waals surface area contributed by atoms with E-state index >= 15 is 0 Å². The average Bonchev–Trinajstić information content (AvgIpc) is 3.15. The van der Waals surface area contributed by atoms with Crippen molar-refractivity contribution in [2.24, 2.45) is 7.05 Å². The molecule has 0 aliphatic carbocycles. The van der Waals surface area contributed by atoms with E-state index in [-0.39, 0.29) is 5.75 Å². The summed E-state index contributed by atoms with van der Waals surface area (Å²) in [5, 5.41) is 16.3. The molecule has 0 atom stereocenters. The van der Waals surface area contributed by atoms with Crippen LogP contribution in [0.4, 0.5) is 5.82 Å². The van der Waals surface area contributed by atoms with Gasteiger partial charge < -0.3 is 14.4 Å². The second-order valence-electron chi connectivity index (χ2n) is 7.89. The lowest BCUT2D eigenvalue weighted by Gasteiger charge is -2.35. The second-order valence-corrected chi connectivity index (χ2v) is 7.89. The predicted octanol–water partition coefficient (Wildman–Crippen LogP) is 2.06. The van der Waals surface area contributed by atoms with Crippen LogP contribution in [-0.2, 0) is 20.0 Å². The summed E-state index contributed by atoms with van der Waals surface area (Å²) in [6.07, 6.45) is 4.11. The van der Waals surface area contributed by atoms with Gasteiger partial charge in [0.25, 0.3) is 0 Å². The lowest BCUT2D eigenvalue weighted by Crippen LogP contribution is -2.46. The largest absolute Gasteiger partial charge is 0.508 e. The number of fused-ring (bicyclic) bond motifs is 2. The average molecular weight is 420 g/mol. The molecule has 0 bridgehead atoms. The Kier molecular flexibility index (Phi) is 4.82. The Hall–Kier alpha value is -3.46.